The Morgan fingerprint density at radius 1 is 1.29 bits per heavy atom. The highest BCUT2D eigenvalue weighted by Gasteiger charge is 2.20. The van der Waals surface area contributed by atoms with Crippen molar-refractivity contribution in [3.63, 3.8) is 0 Å². The van der Waals surface area contributed by atoms with Crippen molar-refractivity contribution in [3.8, 4) is 0 Å². The first kappa shape index (κ1) is 12.1. The molecular weight excluding hydrogens is 243 g/mol. The van der Waals surface area contributed by atoms with Crippen molar-refractivity contribution in [1.29, 1.82) is 0 Å². The van der Waals surface area contributed by atoms with Gasteiger partial charge in [-0.2, -0.15) is 0 Å². The van der Waals surface area contributed by atoms with E-state index in [4.69, 9.17) is 16.0 Å². The van der Waals surface area contributed by atoms with E-state index in [0.29, 0.717) is 5.56 Å². The lowest BCUT2D eigenvalue weighted by Crippen LogP contribution is -2.04. The average Bonchev–Trinajstić information content (AvgIpc) is 2.63. The molecule has 0 saturated heterocycles. The van der Waals surface area contributed by atoms with Crippen LogP contribution in [-0.4, -0.2) is 5.11 Å². The molecular formula is C13H12ClFO2. The summed E-state index contributed by atoms with van der Waals surface area (Å²) in [4.78, 5) is 0. The van der Waals surface area contributed by atoms with Crippen molar-refractivity contribution < 1.29 is 13.9 Å². The molecule has 2 rings (SSSR count). The zero-order valence-corrected chi connectivity index (χ0v) is 10.3. The summed E-state index contributed by atoms with van der Waals surface area (Å²) in [5.74, 6) is -0.205. The number of benzene rings is 1. The molecule has 0 spiro atoms. The lowest BCUT2D eigenvalue weighted by atomic mass is 9.99. The minimum Gasteiger partial charge on any atom is -0.447 e. The van der Waals surface area contributed by atoms with Gasteiger partial charge in [-0.25, -0.2) is 4.39 Å². The number of aliphatic hydroxyl groups excluding tert-OH is 1. The molecule has 0 aliphatic heterocycles. The van der Waals surface area contributed by atoms with Gasteiger partial charge in [0.05, 0.1) is 0 Å². The van der Waals surface area contributed by atoms with Crippen molar-refractivity contribution in [2.24, 2.45) is 0 Å². The summed E-state index contributed by atoms with van der Waals surface area (Å²) in [6.45, 7) is 3.55. The Labute approximate surface area is 104 Å². The van der Waals surface area contributed by atoms with E-state index >= 15 is 0 Å². The fourth-order valence-corrected chi connectivity index (χ4v) is 2.04. The van der Waals surface area contributed by atoms with Gasteiger partial charge in [0.1, 0.15) is 17.7 Å². The van der Waals surface area contributed by atoms with Gasteiger partial charge in [-0.15, -0.1) is 0 Å². The first-order valence-corrected chi connectivity index (χ1v) is 5.57. The monoisotopic (exact) mass is 254 g/mol. The fourth-order valence-electron chi connectivity index (χ4n) is 1.89. The molecule has 0 bridgehead atoms. The van der Waals surface area contributed by atoms with E-state index in [1.54, 1.807) is 13.8 Å². The normalized spacial score (nSPS) is 12.8. The van der Waals surface area contributed by atoms with Crippen LogP contribution in [0.5, 0.6) is 0 Å². The Morgan fingerprint density at radius 2 is 2.00 bits per heavy atom. The van der Waals surface area contributed by atoms with Crippen LogP contribution in [0.4, 0.5) is 4.39 Å². The van der Waals surface area contributed by atoms with Gasteiger partial charge >= 0.3 is 0 Å². The van der Waals surface area contributed by atoms with E-state index in [2.05, 4.69) is 0 Å². The third kappa shape index (κ3) is 2.35. The Bertz CT molecular complexity index is 525. The third-order valence-electron chi connectivity index (χ3n) is 2.62. The second kappa shape index (κ2) is 4.51. The van der Waals surface area contributed by atoms with Gasteiger partial charge in [-0.05, 0) is 54.8 Å². The maximum Gasteiger partial charge on any atom is 0.193 e. The van der Waals surface area contributed by atoms with Crippen LogP contribution in [0.1, 0.15) is 28.6 Å². The molecule has 2 aromatic rings. The number of hydrogen-bond acceptors (Lipinski definition) is 2. The van der Waals surface area contributed by atoms with Crippen LogP contribution in [0, 0.1) is 19.7 Å². The quantitative estimate of drug-likeness (QED) is 0.885. The highest BCUT2D eigenvalue weighted by Crippen LogP contribution is 2.30. The van der Waals surface area contributed by atoms with E-state index in [0.717, 1.165) is 5.56 Å². The predicted octanol–water partition coefficient (Wildman–Crippen LogP) is 3.77. The standard InChI is InChI=1S/C13H12ClFO2/c1-7-5-8(2)12(9(15)6-7)13(16)10-3-4-11(14)17-10/h3-6,13,16H,1-2H3. The van der Waals surface area contributed by atoms with Gasteiger partial charge in [-0.3, -0.25) is 0 Å². The summed E-state index contributed by atoms with van der Waals surface area (Å²) in [5, 5.41) is 10.2. The number of furan rings is 1. The van der Waals surface area contributed by atoms with Crippen molar-refractivity contribution in [2.45, 2.75) is 20.0 Å². The number of aliphatic hydroxyl groups is 1. The lowest BCUT2D eigenvalue weighted by Gasteiger charge is -2.13. The number of rotatable bonds is 2. The lowest BCUT2D eigenvalue weighted by molar-refractivity contribution is 0.184. The Balaban J connectivity index is 2.47. The highest BCUT2D eigenvalue weighted by atomic mass is 35.5. The van der Waals surface area contributed by atoms with E-state index in [1.165, 1.54) is 18.2 Å². The molecule has 0 radical (unpaired) electrons. The van der Waals surface area contributed by atoms with E-state index < -0.39 is 11.9 Å². The van der Waals surface area contributed by atoms with Gasteiger partial charge in [-0.1, -0.05) is 6.07 Å². The molecule has 0 amide bonds. The zero-order chi connectivity index (χ0) is 12.6. The Morgan fingerprint density at radius 3 is 2.53 bits per heavy atom. The molecule has 17 heavy (non-hydrogen) atoms. The Kier molecular flexibility index (Phi) is 3.22. The predicted molar refractivity (Wildman–Crippen MR) is 63.7 cm³/mol. The van der Waals surface area contributed by atoms with Gasteiger partial charge in [0, 0.05) is 5.56 Å². The van der Waals surface area contributed by atoms with Gasteiger partial charge in [0.25, 0.3) is 0 Å². The maximum atomic E-state index is 13.8. The fraction of sp³-hybridized carbons (Fsp3) is 0.231. The summed E-state index contributed by atoms with van der Waals surface area (Å²) in [6, 6.07) is 6.25. The smallest absolute Gasteiger partial charge is 0.193 e. The molecule has 1 aromatic carbocycles. The van der Waals surface area contributed by atoms with Crippen LogP contribution >= 0.6 is 11.6 Å². The molecule has 1 unspecified atom stereocenters. The Hall–Kier alpha value is -1.32. The third-order valence-corrected chi connectivity index (χ3v) is 2.82. The van der Waals surface area contributed by atoms with Crippen LogP contribution in [0.25, 0.3) is 0 Å². The maximum absolute atomic E-state index is 13.8. The molecule has 2 nitrogen and oxygen atoms in total. The summed E-state index contributed by atoms with van der Waals surface area (Å²) in [5.41, 5.74) is 1.72. The molecule has 4 heteroatoms. The molecule has 1 N–H and O–H groups in total. The largest absolute Gasteiger partial charge is 0.447 e. The second-order valence-electron chi connectivity index (χ2n) is 4.02. The van der Waals surface area contributed by atoms with E-state index in [-0.39, 0.29) is 16.5 Å². The summed E-state index contributed by atoms with van der Waals surface area (Å²) in [7, 11) is 0. The van der Waals surface area contributed by atoms with Gasteiger partial charge in [0.15, 0.2) is 5.22 Å². The average molecular weight is 255 g/mol. The van der Waals surface area contributed by atoms with Crippen molar-refractivity contribution in [2.75, 3.05) is 0 Å². The van der Waals surface area contributed by atoms with Crippen molar-refractivity contribution >= 4 is 11.6 Å². The van der Waals surface area contributed by atoms with Crippen molar-refractivity contribution in [3.05, 3.63) is 57.8 Å². The van der Waals surface area contributed by atoms with Crippen LogP contribution in [-0.2, 0) is 0 Å². The molecule has 0 saturated carbocycles. The molecule has 1 heterocycles. The van der Waals surface area contributed by atoms with E-state index in [1.807, 2.05) is 6.07 Å². The molecule has 1 atom stereocenters. The number of halogens is 2. The first-order chi connectivity index (χ1) is 7.99. The zero-order valence-electron chi connectivity index (χ0n) is 9.50. The van der Waals surface area contributed by atoms with Crippen LogP contribution in [0.3, 0.4) is 0 Å². The van der Waals surface area contributed by atoms with E-state index in [9.17, 15) is 9.50 Å². The molecule has 0 aliphatic rings. The summed E-state index contributed by atoms with van der Waals surface area (Å²) < 4.78 is 18.9. The highest BCUT2D eigenvalue weighted by molar-refractivity contribution is 6.28. The summed E-state index contributed by atoms with van der Waals surface area (Å²) in [6.07, 6.45) is -1.14. The van der Waals surface area contributed by atoms with Crippen LogP contribution in [0.15, 0.2) is 28.7 Å². The van der Waals surface area contributed by atoms with Crippen molar-refractivity contribution in [1.82, 2.24) is 0 Å². The molecule has 0 fully saturated rings. The summed E-state index contributed by atoms with van der Waals surface area (Å²) >= 11 is 5.63. The minimum absolute atomic E-state index is 0.171. The van der Waals surface area contributed by atoms with Crippen LogP contribution < -0.4 is 0 Å². The molecule has 1 aromatic heterocycles. The van der Waals surface area contributed by atoms with Gasteiger partial charge in [0.2, 0.25) is 0 Å². The molecule has 90 valence electrons. The number of aryl methyl sites for hydroxylation is 2. The molecule has 0 aliphatic carbocycles. The topological polar surface area (TPSA) is 33.4 Å². The number of hydrogen-bond donors (Lipinski definition) is 1. The minimum atomic E-state index is -1.14. The SMILES string of the molecule is Cc1cc(C)c(C(O)c2ccc(Cl)o2)c(F)c1. The van der Waals surface area contributed by atoms with Crippen LogP contribution in [0.2, 0.25) is 5.22 Å². The van der Waals surface area contributed by atoms with Gasteiger partial charge < -0.3 is 9.52 Å². The first-order valence-electron chi connectivity index (χ1n) is 5.19. The second-order valence-corrected chi connectivity index (χ2v) is 4.39.